The molecule has 5 heteroatoms. The standard InChI is InChI=1S/C16H21N3OS/c1-12-9-18-11-14-5-3-6-15(16(12)14)21(20)19-8-4-7-17-10-13(19)2/h3,5-6,9,11,13,17H,4,7-8,10H2,1-2H3/t13-,21?/m0/s1. The molecule has 0 radical (unpaired) electrons. The van der Waals surface area contributed by atoms with Crippen LogP contribution in [0.25, 0.3) is 10.8 Å². The molecule has 1 fully saturated rings. The molecule has 1 aliphatic rings. The molecule has 1 aromatic heterocycles. The molecule has 2 atom stereocenters. The first-order chi connectivity index (χ1) is 10.2. The van der Waals surface area contributed by atoms with Gasteiger partial charge in [-0.25, -0.2) is 8.51 Å². The van der Waals surface area contributed by atoms with Gasteiger partial charge in [0.1, 0.15) is 11.0 Å². The van der Waals surface area contributed by atoms with Crippen molar-refractivity contribution in [3.05, 3.63) is 36.2 Å². The van der Waals surface area contributed by atoms with Crippen LogP contribution < -0.4 is 5.32 Å². The average molecular weight is 303 g/mol. The second kappa shape index (κ2) is 6.22. The van der Waals surface area contributed by atoms with Gasteiger partial charge in [0, 0.05) is 42.3 Å². The van der Waals surface area contributed by atoms with Crippen LogP contribution in [0.4, 0.5) is 0 Å². The fourth-order valence-corrected chi connectivity index (χ4v) is 4.48. The molecule has 0 amide bonds. The first kappa shape index (κ1) is 14.6. The van der Waals surface area contributed by atoms with Gasteiger partial charge >= 0.3 is 0 Å². The summed E-state index contributed by atoms with van der Waals surface area (Å²) < 4.78 is 15.2. The molecular weight excluding hydrogens is 282 g/mol. The Labute approximate surface area is 128 Å². The van der Waals surface area contributed by atoms with Gasteiger partial charge in [-0.15, -0.1) is 0 Å². The number of nitrogens with zero attached hydrogens (tertiary/aromatic N) is 2. The van der Waals surface area contributed by atoms with E-state index in [1.165, 1.54) is 0 Å². The van der Waals surface area contributed by atoms with Crippen LogP contribution >= 0.6 is 0 Å². The lowest BCUT2D eigenvalue weighted by Crippen LogP contribution is -2.38. The Morgan fingerprint density at radius 2 is 2.24 bits per heavy atom. The smallest absolute Gasteiger partial charge is 0.128 e. The lowest BCUT2D eigenvalue weighted by molar-refractivity contribution is 0.376. The topological polar surface area (TPSA) is 45.2 Å². The zero-order chi connectivity index (χ0) is 14.8. The number of aryl methyl sites for hydroxylation is 1. The van der Waals surface area contributed by atoms with Gasteiger partial charge in [-0.3, -0.25) is 4.98 Å². The van der Waals surface area contributed by atoms with Crippen molar-refractivity contribution >= 4 is 21.8 Å². The maximum atomic E-state index is 13.1. The third-order valence-electron chi connectivity index (χ3n) is 4.00. The quantitative estimate of drug-likeness (QED) is 0.925. The molecule has 1 aromatic carbocycles. The molecule has 0 aliphatic carbocycles. The Bertz CT molecular complexity index is 668. The molecule has 1 aliphatic heterocycles. The van der Waals surface area contributed by atoms with Crippen molar-refractivity contribution < 1.29 is 4.21 Å². The van der Waals surface area contributed by atoms with E-state index >= 15 is 0 Å². The molecule has 0 saturated carbocycles. The summed E-state index contributed by atoms with van der Waals surface area (Å²) in [5, 5.41) is 5.53. The fraction of sp³-hybridized carbons (Fsp3) is 0.438. The summed E-state index contributed by atoms with van der Waals surface area (Å²) in [7, 11) is -1.13. The third kappa shape index (κ3) is 2.86. The maximum absolute atomic E-state index is 13.1. The van der Waals surface area contributed by atoms with Gasteiger partial charge in [-0.2, -0.15) is 0 Å². The minimum atomic E-state index is -1.13. The number of rotatable bonds is 2. The van der Waals surface area contributed by atoms with Crippen molar-refractivity contribution in [3.8, 4) is 0 Å². The Hall–Kier alpha value is -1.30. The van der Waals surface area contributed by atoms with E-state index in [9.17, 15) is 4.21 Å². The zero-order valence-electron chi connectivity index (χ0n) is 12.5. The normalized spacial score (nSPS) is 22.1. The molecule has 3 rings (SSSR count). The minimum Gasteiger partial charge on any atom is -0.315 e. The molecule has 21 heavy (non-hydrogen) atoms. The van der Waals surface area contributed by atoms with Gasteiger partial charge in [-0.05, 0) is 38.4 Å². The van der Waals surface area contributed by atoms with Crippen LogP contribution in [-0.4, -0.2) is 39.2 Å². The second-order valence-corrected chi connectivity index (χ2v) is 7.01. The first-order valence-corrected chi connectivity index (χ1v) is 8.51. The van der Waals surface area contributed by atoms with Crippen molar-refractivity contribution in [1.29, 1.82) is 0 Å². The maximum Gasteiger partial charge on any atom is 0.128 e. The molecule has 0 bridgehead atoms. The second-order valence-electron chi connectivity index (χ2n) is 5.61. The molecule has 0 spiro atoms. The van der Waals surface area contributed by atoms with Crippen molar-refractivity contribution in [1.82, 2.24) is 14.6 Å². The number of benzene rings is 1. The summed E-state index contributed by atoms with van der Waals surface area (Å²) in [6.45, 7) is 6.91. The summed E-state index contributed by atoms with van der Waals surface area (Å²) in [6, 6.07) is 6.25. The average Bonchev–Trinajstić information content (AvgIpc) is 2.71. The van der Waals surface area contributed by atoms with E-state index < -0.39 is 11.0 Å². The molecule has 1 N–H and O–H groups in total. The number of pyridine rings is 1. The van der Waals surface area contributed by atoms with Gasteiger partial charge in [0.25, 0.3) is 0 Å². The summed E-state index contributed by atoms with van der Waals surface area (Å²) in [5.41, 5.74) is 1.08. The molecule has 112 valence electrons. The van der Waals surface area contributed by atoms with Crippen LogP contribution in [0.3, 0.4) is 0 Å². The van der Waals surface area contributed by atoms with Crippen molar-refractivity contribution in [2.24, 2.45) is 0 Å². The van der Waals surface area contributed by atoms with Crippen LogP contribution in [0.2, 0.25) is 0 Å². The third-order valence-corrected chi connectivity index (χ3v) is 5.68. The highest BCUT2D eigenvalue weighted by Gasteiger charge is 2.24. The molecule has 1 unspecified atom stereocenters. The summed E-state index contributed by atoms with van der Waals surface area (Å²) in [4.78, 5) is 5.14. The van der Waals surface area contributed by atoms with Crippen LogP contribution in [0.1, 0.15) is 18.9 Å². The highest BCUT2D eigenvalue weighted by atomic mass is 32.2. The molecule has 2 heterocycles. The lowest BCUT2D eigenvalue weighted by Gasteiger charge is -2.25. The van der Waals surface area contributed by atoms with E-state index in [1.54, 1.807) is 0 Å². The van der Waals surface area contributed by atoms with E-state index in [-0.39, 0.29) is 6.04 Å². The van der Waals surface area contributed by atoms with Crippen LogP contribution in [0.15, 0.2) is 35.5 Å². The first-order valence-electron chi connectivity index (χ1n) is 7.41. The lowest BCUT2D eigenvalue weighted by atomic mass is 10.1. The Morgan fingerprint density at radius 3 is 3.10 bits per heavy atom. The van der Waals surface area contributed by atoms with E-state index in [0.29, 0.717) is 0 Å². The number of hydrogen-bond donors (Lipinski definition) is 1. The van der Waals surface area contributed by atoms with Gasteiger partial charge in [-0.1, -0.05) is 12.1 Å². The Balaban J connectivity index is 2.05. The van der Waals surface area contributed by atoms with Crippen molar-refractivity contribution in [2.45, 2.75) is 31.2 Å². The van der Waals surface area contributed by atoms with E-state index in [4.69, 9.17) is 0 Å². The predicted octanol–water partition coefficient (Wildman–Crippen LogP) is 2.25. The van der Waals surface area contributed by atoms with E-state index in [2.05, 4.69) is 21.5 Å². The number of hydrogen-bond acceptors (Lipinski definition) is 3. The molecular formula is C16H21N3OS. The minimum absolute atomic E-state index is 0.269. The number of aromatic nitrogens is 1. The van der Waals surface area contributed by atoms with Crippen LogP contribution in [0, 0.1) is 6.92 Å². The summed E-state index contributed by atoms with van der Waals surface area (Å²) in [6.07, 6.45) is 4.72. The largest absolute Gasteiger partial charge is 0.315 e. The Morgan fingerprint density at radius 1 is 1.38 bits per heavy atom. The fourth-order valence-electron chi connectivity index (χ4n) is 2.88. The predicted molar refractivity (Wildman–Crippen MR) is 86.5 cm³/mol. The SMILES string of the molecule is Cc1cncc2cccc(S(=O)N3CCCNC[C@@H]3C)c12. The monoisotopic (exact) mass is 303 g/mol. The highest BCUT2D eigenvalue weighted by Crippen LogP contribution is 2.26. The van der Waals surface area contributed by atoms with E-state index in [0.717, 1.165) is 47.3 Å². The summed E-state index contributed by atoms with van der Waals surface area (Å²) in [5.74, 6) is 0. The van der Waals surface area contributed by atoms with Crippen LogP contribution in [-0.2, 0) is 11.0 Å². The molecule has 4 nitrogen and oxygen atoms in total. The van der Waals surface area contributed by atoms with Gasteiger partial charge in [0.15, 0.2) is 0 Å². The van der Waals surface area contributed by atoms with Crippen molar-refractivity contribution in [3.63, 3.8) is 0 Å². The Kier molecular flexibility index (Phi) is 4.33. The van der Waals surface area contributed by atoms with E-state index in [1.807, 2.05) is 37.5 Å². The van der Waals surface area contributed by atoms with Gasteiger partial charge in [0.2, 0.25) is 0 Å². The summed E-state index contributed by atoms with van der Waals surface area (Å²) >= 11 is 0. The number of fused-ring (bicyclic) bond motifs is 1. The zero-order valence-corrected chi connectivity index (χ0v) is 13.3. The van der Waals surface area contributed by atoms with Gasteiger partial charge < -0.3 is 5.32 Å². The number of nitrogens with one attached hydrogen (secondary N) is 1. The molecule has 1 saturated heterocycles. The van der Waals surface area contributed by atoms with Crippen molar-refractivity contribution in [2.75, 3.05) is 19.6 Å². The van der Waals surface area contributed by atoms with Gasteiger partial charge in [0.05, 0.1) is 4.90 Å². The molecule has 2 aromatic rings. The highest BCUT2D eigenvalue weighted by molar-refractivity contribution is 7.83. The van der Waals surface area contributed by atoms with Crippen LogP contribution in [0.5, 0.6) is 0 Å².